The second-order valence-electron chi connectivity index (χ2n) is 16.4. The summed E-state index contributed by atoms with van der Waals surface area (Å²) in [6.07, 6.45) is 17.3. The molecule has 1 aromatic carbocycles. The molecule has 1 aliphatic heterocycles. The number of rotatable bonds is 24. The van der Waals surface area contributed by atoms with Crippen LogP contribution >= 0.6 is 27.3 Å². The van der Waals surface area contributed by atoms with Gasteiger partial charge in [0.25, 0.3) is 5.91 Å². The standard InChI is InChI=1S/C42H64BrFN4O5S/c1-30-36(54-29-46-30)31-19-20-32(35(25-31)53-24-18-16-14-12-10-8-6-5-7-9-11-13-15-17-23-43)27-45-38(50)34-26-33(49)28-48(34)39(51)37(41(2,3)4)47-40(52)42(44)21-22-42/h19-20,25,29,33-34,37,49H,5-18,21-24,26-28H2,1-4H3,(H,45,50)(H,47,52)/t33-,34+,37-/m1/s1. The number of benzene rings is 1. The molecule has 9 nitrogen and oxygen atoms in total. The fourth-order valence-electron chi connectivity index (χ4n) is 7.07. The number of aliphatic hydroxyl groups excluding tert-OH is 1. The van der Waals surface area contributed by atoms with Crippen LogP contribution in [0.15, 0.2) is 23.7 Å². The maximum Gasteiger partial charge on any atom is 0.258 e. The van der Waals surface area contributed by atoms with Crippen molar-refractivity contribution in [1.29, 1.82) is 0 Å². The Bertz CT molecular complexity index is 1500. The number of ether oxygens (including phenoxy) is 1. The number of hydrogen-bond donors (Lipinski definition) is 3. The van der Waals surface area contributed by atoms with Crippen LogP contribution in [0.3, 0.4) is 0 Å². The zero-order valence-corrected chi connectivity index (χ0v) is 35.4. The summed E-state index contributed by atoms with van der Waals surface area (Å²) in [4.78, 5) is 46.9. The van der Waals surface area contributed by atoms with Crippen molar-refractivity contribution in [1.82, 2.24) is 20.5 Å². The van der Waals surface area contributed by atoms with Crippen molar-refractivity contribution in [2.24, 2.45) is 5.41 Å². The summed E-state index contributed by atoms with van der Waals surface area (Å²) in [6.45, 7) is 8.03. The van der Waals surface area contributed by atoms with E-state index in [-0.39, 0.29) is 32.4 Å². The first kappa shape index (κ1) is 44.1. The van der Waals surface area contributed by atoms with Crippen molar-refractivity contribution >= 4 is 45.0 Å². The van der Waals surface area contributed by atoms with E-state index in [0.717, 1.165) is 39.9 Å². The van der Waals surface area contributed by atoms with Crippen molar-refractivity contribution in [3.8, 4) is 16.2 Å². The fraction of sp³-hybridized carbons (Fsp3) is 0.714. The number of likely N-dealkylation sites (tertiary alicyclic amines) is 1. The maximum atomic E-state index is 14.6. The van der Waals surface area contributed by atoms with E-state index in [2.05, 4.69) is 31.5 Å². The second-order valence-corrected chi connectivity index (χ2v) is 18.1. The van der Waals surface area contributed by atoms with Gasteiger partial charge in [-0.1, -0.05) is 126 Å². The molecule has 0 radical (unpaired) electrons. The van der Waals surface area contributed by atoms with E-state index in [1.807, 2.05) is 30.6 Å². The minimum Gasteiger partial charge on any atom is -0.493 e. The van der Waals surface area contributed by atoms with Gasteiger partial charge in [-0.05, 0) is 49.7 Å². The van der Waals surface area contributed by atoms with E-state index in [1.54, 1.807) is 32.1 Å². The van der Waals surface area contributed by atoms with E-state index >= 15 is 0 Å². The van der Waals surface area contributed by atoms with Gasteiger partial charge >= 0.3 is 0 Å². The number of nitrogens with one attached hydrogen (secondary N) is 2. The molecule has 3 atom stereocenters. The Morgan fingerprint density at radius 2 is 1.59 bits per heavy atom. The molecule has 1 aromatic heterocycles. The Morgan fingerprint density at radius 1 is 1.00 bits per heavy atom. The SMILES string of the molecule is Cc1ncsc1-c1ccc(CNC(=O)[C@@H]2C[C@@H](O)CN2C(=O)[C@@H](NC(=O)C2(F)CC2)C(C)(C)C)c(OCCCCCCCCCCCCCCCCBr)c1. The van der Waals surface area contributed by atoms with Crippen molar-refractivity contribution in [2.75, 3.05) is 18.5 Å². The first-order chi connectivity index (χ1) is 25.8. The van der Waals surface area contributed by atoms with Gasteiger partial charge in [0.2, 0.25) is 11.8 Å². The summed E-state index contributed by atoms with van der Waals surface area (Å²) >= 11 is 5.08. The Morgan fingerprint density at radius 3 is 2.13 bits per heavy atom. The van der Waals surface area contributed by atoms with Crippen molar-refractivity contribution in [3.63, 3.8) is 0 Å². The van der Waals surface area contributed by atoms with Gasteiger partial charge in [0, 0.05) is 30.4 Å². The molecule has 0 bridgehead atoms. The van der Waals surface area contributed by atoms with Crippen molar-refractivity contribution in [3.05, 3.63) is 35.0 Å². The lowest BCUT2D eigenvalue weighted by molar-refractivity contribution is -0.145. The molecule has 3 N–H and O–H groups in total. The molecule has 0 spiro atoms. The summed E-state index contributed by atoms with van der Waals surface area (Å²) in [5.74, 6) is -1.02. The van der Waals surface area contributed by atoms with Crippen LogP contribution in [0.2, 0.25) is 0 Å². The number of halogens is 2. The van der Waals surface area contributed by atoms with Crippen LogP contribution < -0.4 is 15.4 Å². The van der Waals surface area contributed by atoms with Crippen LogP contribution in [0.1, 0.15) is 141 Å². The quantitative estimate of drug-likeness (QED) is 0.0718. The number of aliphatic hydroxyl groups is 1. The summed E-state index contributed by atoms with van der Waals surface area (Å²) in [6, 6.07) is 3.98. The van der Waals surface area contributed by atoms with Crippen LogP contribution in [0.4, 0.5) is 4.39 Å². The normalized spacial score (nSPS) is 18.4. The Labute approximate surface area is 335 Å². The molecule has 1 saturated carbocycles. The maximum absolute atomic E-state index is 14.6. The summed E-state index contributed by atoms with van der Waals surface area (Å²) in [5.41, 5.74) is 1.89. The van der Waals surface area contributed by atoms with E-state index in [4.69, 9.17) is 4.74 Å². The number of carbonyl (C=O) groups excluding carboxylic acids is 3. The van der Waals surface area contributed by atoms with Gasteiger partial charge < -0.3 is 25.4 Å². The Kier molecular flexibility index (Phi) is 17.7. The highest BCUT2D eigenvalue weighted by Crippen LogP contribution is 2.40. The van der Waals surface area contributed by atoms with Crippen LogP contribution in [0, 0.1) is 12.3 Å². The highest BCUT2D eigenvalue weighted by molar-refractivity contribution is 9.09. The monoisotopic (exact) mass is 834 g/mol. The zero-order valence-electron chi connectivity index (χ0n) is 33.0. The average molecular weight is 836 g/mol. The third kappa shape index (κ3) is 13.6. The van der Waals surface area contributed by atoms with Gasteiger partial charge in [-0.3, -0.25) is 14.4 Å². The summed E-state index contributed by atoms with van der Waals surface area (Å²) < 4.78 is 20.9. The third-order valence-electron chi connectivity index (χ3n) is 10.7. The van der Waals surface area contributed by atoms with Crippen molar-refractivity contribution in [2.45, 2.75) is 167 Å². The first-order valence-electron chi connectivity index (χ1n) is 20.3. The lowest BCUT2D eigenvalue weighted by Gasteiger charge is -2.35. The minimum absolute atomic E-state index is 0.0461. The molecule has 2 aliphatic rings. The third-order valence-corrected chi connectivity index (χ3v) is 12.2. The van der Waals surface area contributed by atoms with Gasteiger partial charge in [0.1, 0.15) is 17.8 Å². The molecule has 2 aromatic rings. The second kappa shape index (κ2) is 21.7. The highest BCUT2D eigenvalue weighted by atomic mass is 79.9. The molecule has 4 rings (SSSR count). The number of hydrogen-bond acceptors (Lipinski definition) is 7. The molecular formula is C42H64BrFN4O5S. The number of thiazole rings is 1. The molecule has 2 fully saturated rings. The predicted octanol–water partition coefficient (Wildman–Crippen LogP) is 8.96. The number of aromatic nitrogens is 1. The number of β-amino-alcohol motifs (C(OH)–C–C–N with tert-alkyl or cyclic N) is 1. The first-order valence-corrected chi connectivity index (χ1v) is 22.3. The Balaban J connectivity index is 1.27. The van der Waals surface area contributed by atoms with E-state index in [0.29, 0.717) is 12.4 Å². The molecule has 0 unspecified atom stereocenters. The fourth-order valence-corrected chi connectivity index (χ4v) is 8.27. The largest absolute Gasteiger partial charge is 0.493 e. The zero-order chi connectivity index (χ0) is 39.1. The van der Waals surface area contributed by atoms with Crippen molar-refractivity contribution < 1.29 is 28.6 Å². The lowest BCUT2D eigenvalue weighted by atomic mass is 9.85. The number of nitrogens with zero attached hydrogens (tertiary/aromatic N) is 2. The Hall–Kier alpha value is -2.57. The predicted molar refractivity (Wildman–Crippen MR) is 219 cm³/mol. The van der Waals surface area contributed by atoms with Gasteiger partial charge in [-0.25, -0.2) is 9.37 Å². The van der Waals surface area contributed by atoms with Gasteiger partial charge in [-0.2, -0.15) is 0 Å². The van der Waals surface area contributed by atoms with Gasteiger partial charge in [0.15, 0.2) is 5.67 Å². The summed E-state index contributed by atoms with van der Waals surface area (Å²) in [5, 5.41) is 17.3. The molecule has 302 valence electrons. The molecule has 12 heteroatoms. The number of aryl methyl sites for hydroxylation is 1. The van der Waals surface area contributed by atoms with Crippen LogP contribution in [0.25, 0.3) is 10.4 Å². The van der Waals surface area contributed by atoms with Gasteiger partial charge in [-0.15, -0.1) is 11.3 Å². The number of amides is 3. The average Bonchev–Trinajstić information content (AvgIpc) is 3.54. The molecule has 1 aliphatic carbocycles. The number of carbonyl (C=O) groups is 3. The molecule has 54 heavy (non-hydrogen) atoms. The minimum atomic E-state index is -1.94. The highest BCUT2D eigenvalue weighted by Gasteiger charge is 2.53. The van der Waals surface area contributed by atoms with Crippen LogP contribution in [0.5, 0.6) is 5.75 Å². The molecule has 1 saturated heterocycles. The van der Waals surface area contributed by atoms with E-state index in [9.17, 15) is 23.9 Å². The summed E-state index contributed by atoms with van der Waals surface area (Å²) in [7, 11) is 0. The van der Waals surface area contributed by atoms with E-state index < -0.39 is 47.0 Å². The smallest absolute Gasteiger partial charge is 0.258 e. The van der Waals surface area contributed by atoms with Gasteiger partial charge in [0.05, 0.1) is 28.8 Å². The van der Waals surface area contributed by atoms with E-state index in [1.165, 1.54) is 81.9 Å². The van der Waals surface area contributed by atoms with Crippen LogP contribution in [-0.2, 0) is 20.9 Å². The number of unbranched alkanes of at least 4 members (excludes halogenated alkanes) is 13. The molecular weight excluding hydrogens is 771 g/mol. The van der Waals surface area contributed by atoms with Crippen LogP contribution in [-0.4, -0.2) is 75.1 Å². The molecule has 2 heterocycles. The molecule has 3 amide bonds. The topological polar surface area (TPSA) is 121 Å². The number of alkyl halides is 2. The lowest BCUT2D eigenvalue weighted by Crippen LogP contribution is -2.59.